The zero-order valence-corrected chi connectivity index (χ0v) is 14.4. The molecule has 126 valence electrons. The van der Waals surface area contributed by atoms with Gasteiger partial charge in [0.2, 0.25) is 5.91 Å². The van der Waals surface area contributed by atoms with Gasteiger partial charge in [-0.25, -0.2) is 4.98 Å². The molecule has 0 bridgehead atoms. The minimum atomic E-state index is -0.705. The maximum atomic E-state index is 12.3. The van der Waals surface area contributed by atoms with E-state index in [0.29, 0.717) is 11.5 Å². The van der Waals surface area contributed by atoms with Gasteiger partial charge >= 0.3 is 0 Å². The Morgan fingerprint density at radius 3 is 2.65 bits per heavy atom. The number of aromatic nitrogens is 1. The van der Waals surface area contributed by atoms with E-state index in [9.17, 15) is 15.0 Å². The Morgan fingerprint density at radius 2 is 2.09 bits per heavy atom. The molecule has 23 heavy (non-hydrogen) atoms. The Labute approximate surface area is 139 Å². The first kappa shape index (κ1) is 17.7. The number of hydrogen-bond acceptors (Lipinski definition) is 6. The van der Waals surface area contributed by atoms with Crippen LogP contribution in [0.3, 0.4) is 0 Å². The van der Waals surface area contributed by atoms with Crippen molar-refractivity contribution in [3.05, 3.63) is 29.0 Å². The zero-order valence-electron chi connectivity index (χ0n) is 13.6. The van der Waals surface area contributed by atoms with E-state index < -0.39 is 5.41 Å². The number of carbonyl (C=O) groups excluding carboxylic acids is 1. The highest BCUT2D eigenvalue weighted by atomic mass is 32.1. The summed E-state index contributed by atoms with van der Waals surface area (Å²) in [4.78, 5) is 18.2. The van der Waals surface area contributed by atoms with Crippen molar-refractivity contribution in [1.82, 2.24) is 9.88 Å². The van der Waals surface area contributed by atoms with Crippen LogP contribution < -0.4 is 0 Å². The molecule has 0 unspecified atom stereocenters. The fourth-order valence-corrected chi connectivity index (χ4v) is 2.93. The summed E-state index contributed by atoms with van der Waals surface area (Å²) in [6.45, 7) is 3.53. The number of rotatable bonds is 7. The van der Waals surface area contributed by atoms with Crippen molar-refractivity contribution in [3.63, 3.8) is 0 Å². The second-order valence-corrected chi connectivity index (χ2v) is 6.97. The van der Waals surface area contributed by atoms with Crippen LogP contribution in [-0.2, 0) is 11.2 Å². The molecule has 0 radical (unpaired) electrons. The SMILES string of the molecule is Cc1ccc(-c2nc(CC(=O)N(C)CC(C)(CO)CO)cs2)o1. The van der Waals surface area contributed by atoms with Crippen molar-refractivity contribution >= 4 is 17.2 Å². The van der Waals surface area contributed by atoms with Crippen molar-refractivity contribution < 1.29 is 19.4 Å². The summed E-state index contributed by atoms with van der Waals surface area (Å²) in [5, 5.41) is 21.2. The molecular weight excluding hydrogens is 316 g/mol. The molecule has 0 spiro atoms. The van der Waals surface area contributed by atoms with Crippen LogP contribution >= 0.6 is 11.3 Å². The monoisotopic (exact) mass is 338 g/mol. The van der Waals surface area contributed by atoms with Gasteiger partial charge < -0.3 is 19.5 Å². The molecule has 0 saturated heterocycles. The van der Waals surface area contributed by atoms with Crippen LogP contribution in [0.4, 0.5) is 0 Å². The third-order valence-corrected chi connectivity index (χ3v) is 4.55. The third-order valence-electron chi connectivity index (χ3n) is 3.64. The maximum absolute atomic E-state index is 12.3. The lowest BCUT2D eigenvalue weighted by Gasteiger charge is -2.30. The molecule has 0 atom stereocenters. The Morgan fingerprint density at radius 1 is 1.39 bits per heavy atom. The number of hydrogen-bond donors (Lipinski definition) is 2. The number of aliphatic hydroxyl groups is 2. The van der Waals surface area contributed by atoms with Gasteiger partial charge in [-0.05, 0) is 19.1 Å². The van der Waals surface area contributed by atoms with E-state index >= 15 is 0 Å². The lowest BCUT2D eigenvalue weighted by atomic mass is 9.92. The van der Waals surface area contributed by atoms with Crippen molar-refractivity contribution in [2.75, 3.05) is 26.8 Å². The van der Waals surface area contributed by atoms with E-state index in [1.54, 1.807) is 14.0 Å². The van der Waals surface area contributed by atoms with Crippen molar-refractivity contribution in [3.8, 4) is 10.8 Å². The highest BCUT2D eigenvalue weighted by molar-refractivity contribution is 7.13. The fourth-order valence-electron chi connectivity index (χ4n) is 2.15. The predicted octanol–water partition coefficient (Wildman–Crippen LogP) is 1.70. The second-order valence-electron chi connectivity index (χ2n) is 6.11. The molecule has 2 rings (SSSR count). The first-order chi connectivity index (χ1) is 10.9. The molecule has 1 amide bonds. The Kier molecular flexibility index (Phi) is 5.56. The minimum absolute atomic E-state index is 0.106. The minimum Gasteiger partial charge on any atom is -0.459 e. The number of aryl methyl sites for hydroxylation is 1. The van der Waals surface area contributed by atoms with Gasteiger partial charge in [-0.15, -0.1) is 11.3 Å². The Hall–Kier alpha value is -1.70. The van der Waals surface area contributed by atoms with Gasteiger partial charge in [0.1, 0.15) is 5.76 Å². The van der Waals surface area contributed by atoms with Crippen LogP contribution in [0.5, 0.6) is 0 Å². The average Bonchev–Trinajstić information content (AvgIpc) is 3.15. The van der Waals surface area contributed by atoms with Crippen LogP contribution in [0.15, 0.2) is 21.9 Å². The predicted molar refractivity (Wildman–Crippen MR) is 88.2 cm³/mol. The molecule has 0 fully saturated rings. The van der Waals surface area contributed by atoms with Crippen LogP contribution in [0.2, 0.25) is 0 Å². The number of likely N-dealkylation sites (N-methyl/N-ethyl adjacent to an activating group) is 1. The summed E-state index contributed by atoms with van der Waals surface area (Å²) >= 11 is 1.44. The van der Waals surface area contributed by atoms with Gasteiger partial charge in [0.25, 0.3) is 0 Å². The zero-order chi connectivity index (χ0) is 17.0. The molecule has 2 heterocycles. The van der Waals surface area contributed by atoms with E-state index in [2.05, 4.69) is 4.98 Å². The van der Waals surface area contributed by atoms with E-state index in [-0.39, 0.29) is 32.1 Å². The van der Waals surface area contributed by atoms with E-state index in [4.69, 9.17) is 4.42 Å². The molecule has 0 aromatic carbocycles. The first-order valence-corrected chi connectivity index (χ1v) is 8.22. The summed E-state index contributed by atoms with van der Waals surface area (Å²) in [7, 11) is 1.66. The molecule has 0 aliphatic rings. The number of furan rings is 1. The highest BCUT2D eigenvalue weighted by Gasteiger charge is 2.26. The van der Waals surface area contributed by atoms with Gasteiger partial charge in [-0.1, -0.05) is 6.92 Å². The van der Waals surface area contributed by atoms with Gasteiger partial charge in [0.05, 0.1) is 25.3 Å². The number of carbonyl (C=O) groups is 1. The van der Waals surface area contributed by atoms with Crippen LogP contribution in [-0.4, -0.2) is 52.8 Å². The molecule has 6 nitrogen and oxygen atoms in total. The largest absolute Gasteiger partial charge is 0.459 e. The fraction of sp³-hybridized carbons (Fsp3) is 0.500. The van der Waals surface area contributed by atoms with Crippen LogP contribution in [0.1, 0.15) is 18.4 Å². The molecule has 0 saturated carbocycles. The number of aliphatic hydroxyl groups excluding tert-OH is 2. The normalized spacial score (nSPS) is 11.7. The molecule has 0 aliphatic carbocycles. The maximum Gasteiger partial charge on any atom is 0.228 e. The molecule has 2 aromatic heterocycles. The highest BCUT2D eigenvalue weighted by Crippen LogP contribution is 2.26. The lowest BCUT2D eigenvalue weighted by Crippen LogP contribution is -2.42. The summed E-state index contributed by atoms with van der Waals surface area (Å²) in [5.74, 6) is 1.41. The van der Waals surface area contributed by atoms with Gasteiger partial charge in [0, 0.05) is 24.4 Å². The van der Waals surface area contributed by atoms with Crippen LogP contribution in [0, 0.1) is 12.3 Å². The summed E-state index contributed by atoms with van der Waals surface area (Å²) < 4.78 is 5.53. The lowest BCUT2D eigenvalue weighted by molar-refractivity contribution is -0.131. The quantitative estimate of drug-likeness (QED) is 0.802. The average molecular weight is 338 g/mol. The topological polar surface area (TPSA) is 86.8 Å². The molecule has 7 heteroatoms. The van der Waals surface area contributed by atoms with Gasteiger partial charge in [-0.3, -0.25) is 4.79 Å². The number of thiazole rings is 1. The van der Waals surface area contributed by atoms with Crippen LogP contribution in [0.25, 0.3) is 10.8 Å². The van der Waals surface area contributed by atoms with Crippen molar-refractivity contribution in [2.24, 2.45) is 5.41 Å². The Bertz CT molecular complexity index is 661. The summed E-state index contributed by atoms with van der Waals surface area (Å²) in [5.41, 5.74) is -0.0193. The molecule has 0 aliphatic heterocycles. The van der Waals surface area contributed by atoms with E-state index in [1.165, 1.54) is 16.2 Å². The van der Waals surface area contributed by atoms with Crippen molar-refractivity contribution in [2.45, 2.75) is 20.3 Å². The number of nitrogens with zero attached hydrogens (tertiary/aromatic N) is 2. The van der Waals surface area contributed by atoms with Gasteiger partial charge in [-0.2, -0.15) is 0 Å². The summed E-state index contributed by atoms with van der Waals surface area (Å²) in [6.07, 6.45) is 0.180. The molecular formula is C16H22N2O4S. The first-order valence-electron chi connectivity index (χ1n) is 7.34. The van der Waals surface area contributed by atoms with E-state index in [0.717, 1.165) is 10.8 Å². The summed E-state index contributed by atoms with van der Waals surface area (Å²) in [6, 6.07) is 3.74. The number of amides is 1. The molecule has 2 N–H and O–H groups in total. The van der Waals surface area contributed by atoms with E-state index in [1.807, 2.05) is 24.4 Å². The molecule has 2 aromatic rings. The third kappa shape index (κ3) is 4.40. The Balaban J connectivity index is 1.99. The van der Waals surface area contributed by atoms with Gasteiger partial charge in [0.15, 0.2) is 10.8 Å². The standard InChI is InChI=1S/C16H22N2O4S/c1-11-4-5-13(22-11)15-17-12(7-23-15)6-14(21)18(3)8-16(2,9-19)10-20/h4-5,7,19-20H,6,8-10H2,1-3H3. The van der Waals surface area contributed by atoms with Crippen molar-refractivity contribution in [1.29, 1.82) is 0 Å². The smallest absolute Gasteiger partial charge is 0.228 e. The second kappa shape index (κ2) is 7.25.